The van der Waals surface area contributed by atoms with E-state index < -0.39 is 30.2 Å². The molecule has 1 rings (SSSR count). The second-order valence-electron chi connectivity index (χ2n) is 2.95. The second-order valence-corrected chi connectivity index (χ2v) is 2.95. The standard InChI is InChI=1S/C7H12O5/c1-3-4(2-8)12-7(11)6(10)5(3)9/h3-6,8-10H,2H2,1H3. The minimum atomic E-state index is -1.48. The summed E-state index contributed by atoms with van der Waals surface area (Å²) in [4.78, 5) is 10.8. The molecule has 0 aromatic rings. The van der Waals surface area contributed by atoms with Crippen molar-refractivity contribution in [3.63, 3.8) is 0 Å². The van der Waals surface area contributed by atoms with Crippen molar-refractivity contribution in [2.24, 2.45) is 5.92 Å². The highest BCUT2D eigenvalue weighted by atomic mass is 16.6. The molecule has 4 unspecified atom stereocenters. The Morgan fingerprint density at radius 1 is 1.50 bits per heavy atom. The quantitative estimate of drug-likeness (QED) is 0.413. The van der Waals surface area contributed by atoms with Gasteiger partial charge in [0.2, 0.25) is 0 Å². The number of aliphatic hydroxyl groups is 3. The number of ether oxygens (including phenoxy) is 1. The van der Waals surface area contributed by atoms with Crippen LogP contribution in [0.2, 0.25) is 0 Å². The van der Waals surface area contributed by atoms with Crippen molar-refractivity contribution in [3.8, 4) is 0 Å². The molecule has 0 saturated carbocycles. The molecular formula is C7H12O5. The highest BCUT2D eigenvalue weighted by molar-refractivity contribution is 5.76. The molecular weight excluding hydrogens is 164 g/mol. The van der Waals surface area contributed by atoms with E-state index in [1.54, 1.807) is 6.92 Å². The summed E-state index contributed by atoms with van der Waals surface area (Å²) in [5.74, 6) is -1.32. The van der Waals surface area contributed by atoms with E-state index in [9.17, 15) is 9.90 Å². The van der Waals surface area contributed by atoms with E-state index in [1.807, 2.05) is 0 Å². The van der Waals surface area contributed by atoms with Gasteiger partial charge < -0.3 is 20.1 Å². The Kier molecular flexibility index (Phi) is 2.66. The first-order chi connectivity index (χ1) is 5.57. The van der Waals surface area contributed by atoms with Crippen LogP contribution in [0.3, 0.4) is 0 Å². The maximum absolute atomic E-state index is 10.8. The average Bonchev–Trinajstić information content (AvgIpc) is 2.08. The SMILES string of the molecule is CC1C(CO)OC(=O)C(O)C1O. The van der Waals surface area contributed by atoms with Crippen molar-refractivity contribution in [3.05, 3.63) is 0 Å². The fraction of sp³-hybridized carbons (Fsp3) is 0.857. The Labute approximate surface area is 69.6 Å². The molecule has 5 heteroatoms. The minimum absolute atomic E-state index is 0.337. The molecule has 0 aliphatic carbocycles. The topological polar surface area (TPSA) is 87.0 Å². The normalized spacial score (nSPS) is 42.5. The number of cyclic esters (lactones) is 1. The first-order valence-corrected chi connectivity index (χ1v) is 3.75. The van der Waals surface area contributed by atoms with E-state index in [1.165, 1.54) is 0 Å². The molecule has 1 heterocycles. The Morgan fingerprint density at radius 3 is 2.58 bits per heavy atom. The number of hydrogen-bond acceptors (Lipinski definition) is 5. The summed E-state index contributed by atoms with van der Waals surface area (Å²) in [7, 11) is 0. The molecule has 0 aromatic carbocycles. The van der Waals surface area contributed by atoms with Crippen LogP contribution in [0.1, 0.15) is 6.92 Å². The molecule has 0 spiro atoms. The summed E-state index contributed by atoms with van der Waals surface area (Å²) >= 11 is 0. The van der Waals surface area contributed by atoms with Gasteiger partial charge in [0.1, 0.15) is 6.10 Å². The van der Waals surface area contributed by atoms with Crippen molar-refractivity contribution in [2.45, 2.75) is 25.2 Å². The third kappa shape index (κ3) is 1.43. The van der Waals surface area contributed by atoms with Crippen molar-refractivity contribution in [1.82, 2.24) is 0 Å². The second kappa shape index (κ2) is 3.38. The maximum Gasteiger partial charge on any atom is 0.338 e. The van der Waals surface area contributed by atoms with E-state index in [2.05, 4.69) is 4.74 Å². The molecule has 0 bridgehead atoms. The van der Waals surface area contributed by atoms with E-state index in [0.717, 1.165) is 0 Å². The number of aliphatic hydroxyl groups excluding tert-OH is 3. The molecule has 0 aromatic heterocycles. The van der Waals surface area contributed by atoms with Gasteiger partial charge in [0, 0.05) is 5.92 Å². The molecule has 1 saturated heterocycles. The molecule has 0 amide bonds. The van der Waals surface area contributed by atoms with Crippen LogP contribution in [0.25, 0.3) is 0 Å². The highest BCUT2D eigenvalue weighted by Gasteiger charge is 2.41. The van der Waals surface area contributed by atoms with Crippen LogP contribution in [0.15, 0.2) is 0 Å². The zero-order valence-electron chi connectivity index (χ0n) is 6.67. The molecule has 1 aliphatic heterocycles. The molecule has 3 N–H and O–H groups in total. The molecule has 12 heavy (non-hydrogen) atoms. The predicted octanol–water partition coefficient (Wildman–Crippen LogP) is -1.74. The van der Waals surface area contributed by atoms with Gasteiger partial charge in [-0.1, -0.05) is 6.92 Å². The number of carbonyl (C=O) groups excluding carboxylic acids is 1. The lowest BCUT2D eigenvalue weighted by Crippen LogP contribution is -2.52. The van der Waals surface area contributed by atoms with Crippen LogP contribution in [-0.2, 0) is 9.53 Å². The van der Waals surface area contributed by atoms with Crippen LogP contribution in [0, 0.1) is 5.92 Å². The molecule has 0 radical (unpaired) electrons. The number of rotatable bonds is 1. The number of carbonyl (C=O) groups is 1. The zero-order chi connectivity index (χ0) is 9.30. The Hall–Kier alpha value is -0.650. The van der Waals surface area contributed by atoms with Crippen LogP contribution < -0.4 is 0 Å². The van der Waals surface area contributed by atoms with Crippen molar-refractivity contribution in [2.75, 3.05) is 6.61 Å². The predicted molar refractivity (Wildman–Crippen MR) is 38.1 cm³/mol. The van der Waals surface area contributed by atoms with Crippen LogP contribution in [0.5, 0.6) is 0 Å². The van der Waals surface area contributed by atoms with Crippen molar-refractivity contribution >= 4 is 5.97 Å². The van der Waals surface area contributed by atoms with E-state index in [4.69, 9.17) is 10.2 Å². The fourth-order valence-electron chi connectivity index (χ4n) is 1.18. The summed E-state index contributed by atoms with van der Waals surface area (Å²) in [6.07, 6.45) is -3.35. The third-order valence-electron chi connectivity index (χ3n) is 2.14. The lowest BCUT2D eigenvalue weighted by atomic mass is 9.92. The van der Waals surface area contributed by atoms with Gasteiger partial charge in [-0.25, -0.2) is 4.79 Å². The van der Waals surface area contributed by atoms with E-state index in [0.29, 0.717) is 0 Å². The van der Waals surface area contributed by atoms with Gasteiger partial charge in [-0.05, 0) is 0 Å². The molecule has 4 atom stereocenters. The van der Waals surface area contributed by atoms with Crippen LogP contribution in [-0.4, -0.2) is 46.2 Å². The fourth-order valence-corrected chi connectivity index (χ4v) is 1.18. The van der Waals surface area contributed by atoms with Gasteiger partial charge in [-0.2, -0.15) is 0 Å². The molecule has 1 aliphatic rings. The van der Waals surface area contributed by atoms with E-state index >= 15 is 0 Å². The molecule has 70 valence electrons. The summed E-state index contributed by atoms with van der Waals surface area (Å²) in [6, 6.07) is 0. The largest absolute Gasteiger partial charge is 0.458 e. The van der Waals surface area contributed by atoms with Gasteiger partial charge in [-0.3, -0.25) is 0 Å². The Balaban J connectivity index is 2.70. The average molecular weight is 176 g/mol. The first-order valence-electron chi connectivity index (χ1n) is 3.75. The smallest absolute Gasteiger partial charge is 0.338 e. The third-order valence-corrected chi connectivity index (χ3v) is 2.14. The summed E-state index contributed by atoms with van der Waals surface area (Å²) in [5.41, 5.74) is 0. The van der Waals surface area contributed by atoms with Gasteiger partial charge in [0.25, 0.3) is 0 Å². The summed E-state index contributed by atoms with van der Waals surface area (Å²) in [6.45, 7) is 1.26. The van der Waals surface area contributed by atoms with Gasteiger partial charge in [0.05, 0.1) is 12.7 Å². The maximum atomic E-state index is 10.8. The van der Waals surface area contributed by atoms with E-state index in [-0.39, 0.29) is 6.61 Å². The summed E-state index contributed by atoms with van der Waals surface area (Å²) < 4.78 is 4.63. The minimum Gasteiger partial charge on any atom is -0.458 e. The lowest BCUT2D eigenvalue weighted by Gasteiger charge is -2.34. The van der Waals surface area contributed by atoms with Crippen molar-refractivity contribution in [1.29, 1.82) is 0 Å². The molecule has 1 fully saturated rings. The van der Waals surface area contributed by atoms with Gasteiger partial charge >= 0.3 is 5.97 Å². The monoisotopic (exact) mass is 176 g/mol. The number of esters is 1. The first kappa shape index (κ1) is 9.44. The lowest BCUT2D eigenvalue weighted by molar-refractivity contribution is -0.192. The van der Waals surface area contributed by atoms with Crippen LogP contribution in [0.4, 0.5) is 0 Å². The zero-order valence-corrected chi connectivity index (χ0v) is 6.67. The van der Waals surface area contributed by atoms with Crippen LogP contribution >= 0.6 is 0 Å². The van der Waals surface area contributed by atoms with Gasteiger partial charge in [0.15, 0.2) is 6.10 Å². The Bertz CT molecular complexity index is 179. The highest BCUT2D eigenvalue weighted by Crippen LogP contribution is 2.21. The van der Waals surface area contributed by atoms with Crippen molar-refractivity contribution < 1.29 is 24.9 Å². The van der Waals surface area contributed by atoms with Gasteiger partial charge in [-0.15, -0.1) is 0 Å². The summed E-state index contributed by atoms with van der Waals surface area (Å²) in [5, 5.41) is 27.0. The Morgan fingerprint density at radius 2 is 2.08 bits per heavy atom. The molecule has 5 nitrogen and oxygen atoms in total. The number of hydrogen-bond donors (Lipinski definition) is 3.